The molecule has 0 amide bonds. The maximum Gasteiger partial charge on any atom is 0.389 e. The molecule has 0 aliphatic carbocycles. The lowest BCUT2D eigenvalue weighted by atomic mass is 10.1. The smallest absolute Gasteiger partial charge is 0.387 e. The van der Waals surface area contributed by atoms with Crippen molar-refractivity contribution >= 4 is 11.5 Å². The van der Waals surface area contributed by atoms with Crippen LogP contribution in [0.3, 0.4) is 0 Å². The summed E-state index contributed by atoms with van der Waals surface area (Å²) in [6.07, 6.45) is -6.77. The van der Waals surface area contributed by atoms with E-state index in [-0.39, 0.29) is 12.1 Å². The first-order valence-electron chi connectivity index (χ1n) is 3.51. The second-order valence-corrected chi connectivity index (χ2v) is 3.11. The second kappa shape index (κ2) is 4.01. The van der Waals surface area contributed by atoms with Crippen LogP contribution in [0.2, 0.25) is 0 Å². The monoisotopic (exact) mass is 212 g/mol. The summed E-state index contributed by atoms with van der Waals surface area (Å²) in [4.78, 5) is 0. The Kier molecular flexibility index (Phi) is 3.21. The van der Waals surface area contributed by atoms with Gasteiger partial charge in [0, 0.05) is 11.8 Å². The van der Waals surface area contributed by atoms with E-state index in [9.17, 15) is 18.3 Å². The Labute approximate surface area is 76.4 Å². The SMILES string of the molecule is OC(CCC(F)(F)F)c1csnn1. The van der Waals surface area contributed by atoms with Crippen molar-refractivity contribution in [3.8, 4) is 0 Å². The van der Waals surface area contributed by atoms with Gasteiger partial charge in [-0.25, -0.2) is 0 Å². The van der Waals surface area contributed by atoms with Gasteiger partial charge >= 0.3 is 6.18 Å². The van der Waals surface area contributed by atoms with Crippen LogP contribution < -0.4 is 0 Å². The van der Waals surface area contributed by atoms with E-state index in [1.54, 1.807) is 0 Å². The van der Waals surface area contributed by atoms with Crippen molar-refractivity contribution in [1.29, 1.82) is 0 Å². The predicted octanol–water partition coefficient (Wildman–Crippen LogP) is 1.91. The van der Waals surface area contributed by atoms with Gasteiger partial charge in [-0.15, -0.1) is 5.10 Å². The fourth-order valence-corrected chi connectivity index (χ4v) is 1.27. The maximum atomic E-state index is 11.7. The van der Waals surface area contributed by atoms with Gasteiger partial charge in [0.2, 0.25) is 0 Å². The number of alkyl halides is 3. The number of rotatable bonds is 3. The third kappa shape index (κ3) is 3.69. The number of nitrogens with zero attached hydrogens (tertiary/aromatic N) is 2. The minimum atomic E-state index is -4.23. The largest absolute Gasteiger partial charge is 0.389 e. The fraction of sp³-hybridized carbons (Fsp3) is 0.667. The molecule has 7 heteroatoms. The van der Waals surface area contributed by atoms with Crippen molar-refractivity contribution in [3.63, 3.8) is 0 Å². The second-order valence-electron chi connectivity index (χ2n) is 2.50. The highest BCUT2D eigenvalue weighted by atomic mass is 32.1. The van der Waals surface area contributed by atoms with Gasteiger partial charge in [-0.05, 0) is 18.0 Å². The highest BCUT2D eigenvalue weighted by molar-refractivity contribution is 7.03. The van der Waals surface area contributed by atoms with Gasteiger partial charge in [-0.3, -0.25) is 0 Å². The molecule has 1 atom stereocenters. The standard InChI is InChI=1S/C6H7F3N2OS/c7-6(8,9)2-1-5(12)4-3-13-11-10-4/h3,5,12H,1-2H2. The highest BCUT2D eigenvalue weighted by Crippen LogP contribution is 2.26. The molecule has 0 bridgehead atoms. The van der Waals surface area contributed by atoms with Crippen LogP contribution in [0.25, 0.3) is 0 Å². The van der Waals surface area contributed by atoms with Crippen LogP contribution in [0.15, 0.2) is 5.38 Å². The molecule has 0 saturated heterocycles. The zero-order valence-corrected chi connectivity index (χ0v) is 7.27. The molecular weight excluding hydrogens is 205 g/mol. The number of aromatic nitrogens is 2. The van der Waals surface area contributed by atoms with Gasteiger partial charge in [0.25, 0.3) is 0 Å². The Morgan fingerprint density at radius 1 is 1.54 bits per heavy atom. The number of hydrogen-bond donors (Lipinski definition) is 1. The highest BCUT2D eigenvalue weighted by Gasteiger charge is 2.28. The van der Waals surface area contributed by atoms with E-state index < -0.39 is 18.7 Å². The van der Waals surface area contributed by atoms with Crippen LogP contribution in [0, 0.1) is 0 Å². The lowest BCUT2D eigenvalue weighted by Gasteiger charge is -2.08. The third-order valence-electron chi connectivity index (χ3n) is 1.42. The van der Waals surface area contributed by atoms with Gasteiger partial charge in [0.05, 0.1) is 6.10 Å². The molecule has 1 aromatic heterocycles. The van der Waals surface area contributed by atoms with E-state index in [0.29, 0.717) is 0 Å². The van der Waals surface area contributed by atoms with E-state index in [2.05, 4.69) is 9.59 Å². The van der Waals surface area contributed by atoms with Crippen LogP contribution in [0.5, 0.6) is 0 Å². The molecule has 1 N–H and O–H groups in total. The predicted molar refractivity (Wildman–Crippen MR) is 40.2 cm³/mol. The summed E-state index contributed by atoms with van der Waals surface area (Å²) in [6, 6.07) is 0. The van der Waals surface area contributed by atoms with Gasteiger partial charge in [-0.2, -0.15) is 13.2 Å². The molecule has 1 aromatic rings. The first kappa shape index (κ1) is 10.4. The molecule has 0 saturated carbocycles. The van der Waals surface area contributed by atoms with E-state index in [4.69, 9.17) is 0 Å². The summed E-state index contributed by atoms with van der Waals surface area (Å²) >= 11 is 0.999. The Morgan fingerprint density at radius 3 is 2.69 bits per heavy atom. The molecule has 1 unspecified atom stereocenters. The molecule has 0 aliphatic rings. The van der Waals surface area contributed by atoms with Gasteiger partial charge < -0.3 is 5.11 Å². The lowest BCUT2D eigenvalue weighted by molar-refractivity contribution is -0.140. The topological polar surface area (TPSA) is 46.0 Å². The Morgan fingerprint density at radius 2 is 2.23 bits per heavy atom. The summed E-state index contributed by atoms with van der Waals surface area (Å²) in [6.45, 7) is 0. The molecule has 13 heavy (non-hydrogen) atoms. The maximum absolute atomic E-state index is 11.7. The Balaban J connectivity index is 2.39. The first-order chi connectivity index (χ1) is 5.99. The van der Waals surface area contributed by atoms with Crippen LogP contribution in [0.4, 0.5) is 13.2 Å². The van der Waals surface area contributed by atoms with Crippen LogP contribution in [0.1, 0.15) is 24.6 Å². The minimum absolute atomic E-state index is 0.203. The number of halogens is 3. The summed E-state index contributed by atoms with van der Waals surface area (Å²) in [5.74, 6) is 0. The van der Waals surface area contributed by atoms with E-state index in [1.807, 2.05) is 0 Å². The lowest BCUT2D eigenvalue weighted by Crippen LogP contribution is -2.10. The number of aliphatic hydroxyl groups is 1. The van der Waals surface area contributed by atoms with Gasteiger partial charge in [0.1, 0.15) is 5.69 Å². The van der Waals surface area contributed by atoms with Crippen LogP contribution in [-0.4, -0.2) is 20.9 Å². The Hall–Kier alpha value is -0.690. The third-order valence-corrected chi connectivity index (χ3v) is 1.94. The van der Waals surface area contributed by atoms with E-state index in [0.717, 1.165) is 11.5 Å². The summed E-state index contributed by atoms with van der Waals surface area (Å²) in [7, 11) is 0. The van der Waals surface area contributed by atoms with Crippen molar-refractivity contribution < 1.29 is 18.3 Å². The fourth-order valence-electron chi connectivity index (χ4n) is 0.765. The van der Waals surface area contributed by atoms with Gasteiger partial charge in [0.15, 0.2) is 0 Å². The average molecular weight is 212 g/mol. The van der Waals surface area contributed by atoms with Crippen molar-refractivity contribution in [3.05, 3.63) is 11.1 Å². The number of aliphatic hydroxyl groups excluding tert-OH is 1. The van der Waals surface area contributed by atoms with Crippen molar-refractivity contribution in [2.45, 2.75) is 25.1 Å². The van der Waals surface area contributed by atoms with Crippen LogP contribution >= 0.6 is 11.5 Å². The van der Waals surface area contributed by atoms with E-state index in [1.165, 1.54) is 5.38 Å². The molecule has 1 heterocycles. The normalized spacial score (nSPS) is 14.5. The average Bonchev–Trinajstić information content (AvgIpc) is 2.50. The minimum Gasteiger partial charge on any atom is -0.387 e. The zero-order valence-electron chi connectivity index (χ0n) is 6.45. The Bertz CT molecular complexity index is 249. The van der Waals surface area contributed by atoms with E-state index >= 15 is 0 Å². The molecule has 0 aromatic carbocycles. The van der Waals surface area contributed by atoms with Crippen LogP contribution in [-0.2, 0) is 0 Å². The van der Waals surface area contributed by atoms with Crippen molar-refractivity contribution in [2.75, 3.05) is 0 Å². The molecule has 0 fully saturated rings. The molecule has 0 spiro atoms. The molecule has 0 aliphatic heterocycles. The number of hydrogen-bond acceptors (Lipinski definition) is 4. The molecule has 3 nitrogen and oxygen atoms in total. The summed E-state index contributed by atoms with van der Waals surface area (Å²) in [5, 5.41) is 14.1. The first-order valence-corrected chi connectivity index (χ1v) is 4.34. The molecule has 0 radical (unpaired) electrons. The quantitative estimate of drug-likeness (QED) is 0.832. The van der Waals surface area contributed by atoms with Crippen molar-refractivity contribution in [2.24, 2.45) is 0 Å². The summed E-state index contributed by atoms with van der Waals surface area (Å²) < 4.78 is 38.6. The molecule has 74 valence electrons. The summed E-state index contributed by atoms with van der Waals surface area (Å²) in [5.41, 5.74) is 0.203. The molecular formula is C6H7F3N2OS. The molecule has 1 rings (SSSR count). The zero-order chi connectivity index (χ0) is 9.90. The van der Waals surface area contributed by atoms with Gasteiger partial charge in [-0.1, -0.05) is 4.49 Å². The van der Waals surface area contributed by atoms with Crippen molar-refractivity contribution in [1.82, 2.24) is 9.59 Å².